The molecule has 2 heterocycles. The zero-order valence-electron chi connectivity index (χ0n) is 16.2. The number of pyridine rings is 1. The molecule has 1 aromatic rings. The normalized spacial score (nSPS) is 21.5. The summed E-state index contributed by atoms with van der Waals surface area (Å²) in [6.07, 6.45) is -0.312. The van der Waals surface area contributed by atoms with Gasteiger partial charge in [-0.15, -0.1) is 0 Å². The van der Waals surface area contributed by atoms with Crippen LogP contribution in [0.3, 0.4) is 0 Å². The second-order valence-corrected chi connectivity index (χ2v) is 9.03. The number of aliphatic hydroxyl groups excluding tert-OH is 1. The Hall–Kier alpha value is -2.04. The van der Waals surface area contributed by atoms with Crippen molar-refractivity contribution in [2.24, 2.45) is 11.7 Å². The first-order chi connectivity index (χ1) is 13.1. The summed E-state index contributed by atoms with van der Waals surface area (Å²) >= 11 is 0. The van der Waals surface area contributed by atoms with Crippen molar-refractivity contribution in [2.45, 2.75) is 56.7 Å². The van der Waals surface area contributed by atoms with Crippen molar-refractivity contribution < 1.29 is 23.1 Å². The maximum Gasteiger partial charge on any atom is 0.284 e. The van der Waals surface area contributed by atoms with Crippen LogP contribution in [0.4, 0.5) is 0 Å². The second kappa shape index (κ2) is 9.44. The van der Waals surface area contributed by atoms with Gasteiger partial charge in [0.05, 0.1) is 12.1 Å². The second-order valence-electron chi connectivity index (χ2n) is 7.27. The van der Waals surface area contributed by atoms with Crippen molar-refractivity contribution in [3.8, 4) is 0 Å². The molecule has 2 amide bonds. The highest BCUT2D eigenvalue weighted by Crippen LogP contribution is 2.25. The van der Waals surface area contributed by atoms with Crippen molar-refractivity contribution >= 4 is 21.8 Å². The van der Waals surface area contributed by atoms with Crippen LogP contribution in [0.25, 0.3) is 0 Å². The predicted octanol–water partition coefficient (Wildman–Crippen LogP) is -0.0782. The standard InChI is InChI=1S/C18H28N4O5S/c1-12(9-16(19)24)10-18(25)22(14-6-4-8-20-11-15(14)23)28(26,27)17-7-3-5-13(2)21-17/h3,5,7,12,14-15,20,23H,4,6,8-11H2,1-2H3,(H2,19,24)/t12-,14?,15?/m0/s1. The van der Waals surface area contributed by atoms with Crippen LogP contribution in [-0.4, -0.2) is 59.9 Å². The van der Waals surface area contributed by atoms with E-state index in [2.05, 4.69) is 10.3 Å². The minimum atomic E-state index is -4.28. The average Bonchev–Trinajstić information content (AvgIpc) is 2.79. The summed E-state index contributed by atoms with van der Waals surface area (Å²) in [6, 6.07) is 3.63. The third-order valence-corrected chi connectivity index (χ3v) is 6.41. The quantitative estimate of drug-likeness (QED) is 0.568. The number of β-amino-alcohol motifs (C(OH)–C–C–N with tert-alkyl or cyclic N) is 1. The maximum atomic E-state index is 13.3. The van der Waals surface area contributed by atoms with Crippen LogP contribution in [0.5, 0.6) is 0 Å². The molecule has 0 spiro atoms. The summed E-state index contributed by atoms with van der Waals surface area (Å²) in [6.45, 7) is 4.12. The van der Waals surface area contributed by atoms with Gasteiger partial charge in [-0.25, -0.2) is 9.29 Å². The Labute approximate surface area is 165 Å². The zero-order chi connectivity index (χ0) is 20.9. The van der Waals surface area contributed by atoms with Crippen LogP contribution in [0.2, 0.25) is 0 Å². The van der Waals surface area contributed by atoms with Gasteiger partial charge in [-0.3, -0.25) is 9.59 Å². The van der Waals surface area contributed by atoms with Gasteiger partial charge in [0.15, 0.2) is 5.03 Å². The number of nitrogens with zero attached hydrogens (tertiary/aromatic N) is 2. The molecule has 1 fully saturated rings. The van der Waals surface area contributed by atoms with Gasteiger partial charge in [-0.05, 0) is 44.4 Å². The SMILES string of the molecule is Cc1cccc(S(=O)(=O)N(C(=O)C[C@@H](C)CC(N)=O)C2CCCNCC2O)n1. The van der Waals surface area contributed by atoms with Gasteiger partial charge in [0.25, 0.3) is 10.0 Å². The Balaban J connectivity index is 2.42. The van der Waals surface area contributed by atoms with Gasteiger partial charge < -0.3 is 16.2 Å². The smallest absolute Gasteiger partial charge is 0.284 e. The number of aryl methyl sites for hydroxylation is 1. The molecule has 10 heteroatoms. The molecule has 2 unspecified atom stereocenters. The molecule has 1 aliphatic rings. The first-order valence-corrected chi connectivity index (χ1v) is 10.7. The molecule has 9 nitrogen and oxygen atoms in total. The number of primary amides is 1. The number of nitrogens with two attached hydrogens (primary N) is 1. The Morgan fingerprint density at radius 2 is 2.11 bits per heavy atom. The minimum absolute atomic E-state index is 0.0307. The summed E-state index contributed by atoms with van der Waals surface area (Å²) in [5.74, 6) is -1.66. The molecule has 0 saturated carbocycles. The lowest BCUT2D eigenvalue weighted by molar-refractivity contribution is -0.130. The third-order valence-electron chi connectivity index (χ3n) is 4.66. The highest BCUT2D eigenvalue weighted by atomic mass is 32.2. The first kappa shape index (κ1) is 22.3. The fourth-order valence-corrected chi connectivity index (χ4v) is 5.01. The molecule has 0 aromatic carbocycles. The number of nitrogens with one attached hydrogen (secondary N) is 1. The lowest BCUT2D eigenvalue weighted by Gasteiger charge is -2.33. The molecule has 28 heavy (non-hydrogen) atoms. The van der Waals surface area contributed by atoms with Gasteiger partial charge in [-0.2, -0.15) is 8.42 Å². The summed E-state index contributed by atoms with van der Waals surface area (Å²) in [5, 5.41) is 13.3. The minimum Gasteiger partial charge on any atom is -0.390 e. The monoisotopic (exact) mass is 412 g/mol. The van der Waals surface area contributed by atoms with Crippen LogP contribution in [0, 0.1) is 12.8 Å². The summed E-state index contributed by atoms with van der Waals surface area (Å²) in [4.78, 5) is 28.2. The Kier molecular flexibility index (Phi) is 7.50. The summed E-state index contributed by atoms with van der Waals surface area (Å²) in [5.41, 5.74) is 5.68. The molecule has 0 radical (unpaired) electrons. The number of rotatable bonds is 7. The molecule has 3 atom stereocenters. The van der Waals surface area contributed by atoms with Crippen molar-refractivity contribution in [2.75, 3.05) is 13.1 Å². The zero-order valence-corrected chi connectivity index (χ0v) is 17.0. The number of hydrogen-bond acceptors (Lipinski definition) is 7. The topological polar surface area (TPSA) is 143 Å². The van der Waals surface area contributed by atoms with E-state index in [0.717, 1.165) is 4.31 Å². The van der Waals surface area contributed by atoms with Gasteiger partial charge in [-0.1, -0.05) is 13.0 Å². The van der Waals surface area contributed by atoms with Crippen molar-refractivity contribution in [3.05, 3.63) is 23.9 Å². The van der Waals surface area contributed by atoms with E-state index >= 15 is 0 Å². The molecular weight excluding hydrogens is 384 g/mol. The number of carbonyl (C=O) groups is 2. The number of aliphatic hydroxyl groups is 1. The molecule has 2 rings (SSSR count). The Morgan fingerprint density at radius 1 is 1.39 bits per heavy atom. The first-order valence-electron chi connectivity index (χ1n) is 9.31. The van der Waals surface area contributed by atoms with Crippen molar-refractivity contribution in [1.82, 2.24) is 14.6 Å². The fraction of sp³-hybridized carbons (Fsp3) is 0.611. The van der Waals surface area contributed by atoms with E-state index in [1.807, 2.05) is 0 Å². The van der Waals surface area contributed by atoms with Gasteiger partial charge in [0.1, 0.15) is 0 Å². The van der Waals surface area contributed by atoms with Crippen LogP contribution < -0.4 is 11.1 Å². The molecule has 0 bridgehead atoms. The highest BCUT2D eigenvalue weighted by Gasteiger charge is 2.40. The molecule has 1 saturated heterocycles. The molecule has 1 aromatic heterocycles. The highest BCUT2D eigenvalue weighted by molar-refractivity contribution is 7.89. The van der Waals surface area contributed by atoms with Crippen molar-refractivity contribution in [3.63, 3.8) is 0 Å². The molecule has 1 aliphatic heterocycles. The molecule has 0 aliphatic carbocycles. The van der Waals surface area contributed by atoms with Crippen LogP contribution in [0.15, 0.2) is 23.2 Å². The van der Waals surface area contributed by atoms with E-state index < -0.39 is 39.9 Å². The maximum absolute atomic E-state index is 13.3. The largest absolute Gasteiger partial charge is 0.390 e. The van der Waals surface area contributed by atoms with E-state index in [4.69, 9.17) is 5.73 Å². The lowest BCUT2D eigenvalue weighted by Crippen LogP contribution is -2.52. The number of aromatic nitrogens is 1. The number of carbonyl (C=O) groups excluding carboxylic acids is 2. The number of amides is 2. The van der Waals surface area contributed by atoms with E-state index in [0.29, 0.717) is 25.1 Å². The van der Waals surface area contributed by atoms with Crippen molar-refractivity contribution in [1.29, 1.82) is 0 Å². The summed E-state index contributed by atoms with van der Waals surface area (Å²) < 4.78 is 27.4. The molecule has 156 valence electrons. The van der Waals surface area contributed by atoms with E-state index in [1.165, 1.54) is 6.07 Å². The average molecular weight is 413 g/mol. The lowest BCUT2D eigenvalue weighted by atomic mass is 10.0. The Bertz CT molecular complexity index is 814. The van der Waals surface area contributed by atoms with Crippen LogP contribution >= 0.6 is 0 Å². The van der Waals surface area contributed by atoms with Gasteiger partial charge >= 0.3 is 0 Å². The molecular formula is C18H28N4O5S. The predicted molar refractivity (Wildman–Crippen MR) is 102 cm³/mol. The van der Waals surface area contributed by atoms with Crippen LogP contribution in [-0.2, 0) is 19.6 Å². The van der Waals surface area contributed by atoms with Crippen LogP contribution in [0.1, 0.15) is 38.3 Å². The Morgan fingerprint density at radius 3 is 2.75 bits per heavy atom. The van der Waals surface area contributed by atoms with E-state index in [-0.39, 0.29) is 24.4 Å². The molecule has 4 N–H and O–H groups in total. The number of sulfonamides is 1. The summed E-state index contributed by atoms with van der Waals surface area (Å²) in [7, 11) is -4.28. The number of hydrogen-bond donors (Lipinski definition) is 3. The van der Waals surface area contributed by atoms with Gasteiger partial charge in [0, 0.05) is 25.1 Å². The van der Waals surface area contributed by atoms with Gasteiger partial charge in [0.2, 0.25) is 11.8 Å². The fourth-order valence-electron chi connectivity index (χ4n) is 3.35. The van der Waals surface area contributed by atoms with E-state index in [9.17, 15) is 23.1 Å². The van der Waals surface area contributed by atoms with E-state index in [1.54, 1.807) is 26.0 Å². The third kappa shape index (κ3) is 5.49.